The van der Waals surface area contributed by atoms with E-state index in [1.165, 1.54) is 0 Å². The van der Waals surface area contributed by atoms with E-state index in [0.29, 0.717) is 17.3 Å². The Kier molecular flexibility index (Phi) is 5.57. The maximum atomic E-state index is 12.7. The first-order valence-corrected chi connectivity index (χ1v) is 9.52. The number of carbonyl (C=O) groups excluding carboxylic acids is 1. The van der Waals surface area contributed by atoms with Crippen LogP contribution in [0.5, 0.6) is 5.75 Å². The van der Waals surface area contributed by atoms with Crippen molar-refractivity contribution in [3.05, 3.63) is 96.1 Å². The highest BCUT2D eigenvalue weighted by atomic mass is 16.5. The van der Waals surface area contributed by atoms with E-state index >= 15 is 0 Å². The highest BCUT2D eigenvalue weighted by Gasteiger charge is 2.20. The fourth-order valence-electron chi connectivity index (χ4n) is 3.10. The zero-order chi connectivity index (χ0) is 20.9. The second-order valence-electron chi connectivity index (χ2n) is 6.75. The molecule has 2 aromatic heterocycles. The fourth-order valence-corrected chi connectivity index (χ4v) is 3.10. The molecule has 6 heteroatoms. The zero-order valence-electron chi connectivity index (χ0n) is 16.8. The van der Waals surface area contributed by atoms with Crippen molar-refractivity contribution in [2.45, 2.75) is 13.5 Å². The molecule has 0 aliphatic carbocycles. The van der Waals surface area contributed by atoms with E-state index in [-0.39, 0.29) is 12.3 Å². The number of hydrogen-bond acceptors (Lipinski definition) is 5. The van der Waals surface area contributed by atoms with Crippen LogP contribution in [0.15, 0.2) is 79.1 Å². The molecule has 0 radical (unpaired) electrons. The number of carbonyl (C=O) groups is 1. The maximum absolute atomic E-state index is 12.7. The Hall–Kier alpha value is -3.93. The lowest BCUT2D eigenvalue weighted by Gasteiger charge is -2.11. The van der Waals surface area contributed by atoms with Crippen molar-refractivity contribution in [1.29, 1.82) is 0 Å². The van der Waals surface area contributed by atoms with Crippen molar-refractivity contribution in [3.8, 4) is 22.8 Å². The Morgan fingerprint density at radius 3 is 2.50 bits per heavy atom. The number of aryl methyl sites for hydroxylation is 1. The topological polar surface area (TPSA) is 66.2 Å². The predicted molar refractivity (Wildman–Crippen MR) is 114 cm³/mol. The van der Waals surface area contributed by atoms with Gasteiger partial charge in [-0.2, -0.15) is 0 Å². The fraction of sp³-hybridized carbons (Fsp3) is 0.125. The van der Waals surface area contributed by atoms with Gasteiger partial charge in [0, 0.05) is 18.1 Å². The minimum absolute atomic E-state index is 0.0844. The van der Waals surface area contributed by atoms with E-state index in [4.69, 9.17) is 9.47 Å². The van der Waals surface area contributed by atoms with Crippen LogP contribution < -0.4 is 4.74 Å². The van der Waals surface area contributed by atoms with Crippen LogP contribution in [-0.4, -0.2) is 27.6 Å². The summed E-state index contributed by atoms with van der Waals surface area (Å²) < 4.78 is 12.8. The van der Waals surface area contributed by atoms with Crippen molar-refractivity contribution in [2.24, 2.45) is 0 Å². The van der Waals surface area contributed by atoms with Crippen LogP contribution in [0.1, 0.15) is 21.7 Å². The molecule has 0 saturated heterocycles. The van der Waals surface area contributed by atoms with E-state index in [9.17, 15) is 4.79 Å². The molecule has 0 bridgehead atoms. The van der Waals surface area contributed by atoms with Crippen LogP contribution in [0, 0.1) is 6.92 Å². The quantitative estimate of drug-likeness (QED) is 0.443. The summed E-state index contributed by atoms with van der Waals surface area (Å²) in [6.07, 6.45) is 3.35. The molecule has 0 amide bonds. The van der Waals surface area contributed by atoms with Gasteiger partial charge < -0.3 is 9.47 Å². The van der Waals surface area contributed by atoms with E-state index in [1.807, 2.05) is 72.2 Å². The largest absolute Gasteiger partial charge is 0.496 e. The molecule has 6 nitrogen and oxygen atoms in total. The number of rotatable bonds is 6. The first-order valence-electron chi connectivity index (χ1n) is 9.52. The number of imidazole rings is 1. The Labute approximate surface area is 174 Å². The number of esters is 1. The Morgan fingerprint density at radius 1 is 1.00 bits per heavy atom. The van der Waals surface area contributed by atoms with Gasteiger partial charge in [-0.25, -0.2) is 9.78 Å². The number of para-hydroxylation sites is 1. The van der Waals surface area contributed by atoms with E-state index in [0.717, 1.165) is 16.8 Å². The molecule has 2 heterocycles. The molecule has 0 unspecified atom stereocenters. The third-order valence-corrected chi connectivity index (χ3v) is 4.65. The Morgan fingerprint density at radius 2 is 1.77 bits per heavy atom. The summed E-state index contributed by atoms with van der Waals surface area (Å²) in [5.74, 6) is 0.758. The molecule has 30 heavy (non-hydrogen) atoms. The van der Waals surface area contributed by atoms with E-state index < -0.39 is 5.97 Å². The molecule has 150 valence electrons. The van der Waals surface area contributed by atoms with Gasteiger partial charge in [-0.1, -0.05) is 35.9 Å². The first-order chi connectivity index (χ1) is 14.7. The molecule has 0 saturated carbocycles. The minimum atomic E-state index is -0.511. The lowest BCUT2D eigenvalue weighted by Crippen LogP contribution is -2.06. The van der Waals surface area contributed by atoms with Crippen molar-refractivity contribution >= 4 is 5.97 Å². The molecule has 4 rings (SSSR count). The van der Waals surface area contributed by atoms with Crippen LogP contribution in [0.4, 0.5) is 0 Å². The van der Waals surface area contributed by atoms with Crippen LogP contribution in [-0.2, 0) is 11.3 Å². The van der Waals surface area contributed by atoms with Crippen molar-refractivity contribution in [2.75, 3.05) is 7.11 Å². The summed E-state index contributed by atoms with van der Waals surface area (Å²) in [6.45, 7) is 2.11. The molecular weight excluding hydrogens is 378 g/mol. The van der Waals surface area contributed by atoms with Crippen LogP contribution in [0.3, 0.4) is 0 Å². The summed E-state index contributed by atoms with van der Waals surface area (Å²) in [4.78, 5) is 21.5. The molecule has 2 aromatic carbocycles. The molecular formula is C24H21N3O3. The van der Waals surface area contributed by atoms with Crippen LogP contribution in [0.25, 0.3) is 17.1 Å². The van der Waals surface area contributed by atoms with Crippen LogP contribution >= 0.6 is 0 Å². The highest BCUT2D eigenvalue weighted by Crippen LogP contribution is 2.31. The van der Waals surface area contributed by atoms with Gasteiger partial charge in [0.25, 0.3) is 0 Å². The van der Waals surface area contributed by atoms with Gasteiger partial charge >= 0.3 is 5.97 Å². The van der Waals surface area contributed by atoms with E-state index in [2.05, 4.69) is 9.97 Å². The van der Waals surface area contributed by atoms with Gasteiger partial charge in [-0.15, -0.1) is 0 Å². The summed E-state index contributed by atoms with van der Waals surface area (Å²) in [5, 5.41) is 0. The van der Waals surface area contributed by atoms with Crippen molar-refractivity contribution in [1.82, 2.24) is 14.5 Å². The molecule has 4 aromatic rings. The maximum Gasteiger partial charge on any atom is 0.358 e. The predicted octanol–water partition coefficient (Wildman–Crippen LogP) is 4.61. The Bertz CT molecular complexity index is 1150. The highest BCUT2D eigenvalue weighted by molar-refractivity contribution is 5.88. The third-order valence-electron chi connectivity index (χ3n) is 4.65. The van der Waals surface area contributed by atoms with Gasteiger partial charge in [0.1, 0.15) is 18.2 Å². The van der Waals surface area contributed by atoms with E-state index in [1.54, 1.807) is 25.6 Å². The molecule has 0 spiro atoms. The van der Waals surface area contributed by atoms with Gasteiger partial charge in [-0.3, -0.25) is 9.55 Å². The zero-order valence-corrected chi connectivity index (χ0v) is 16.8. The lowest BCUT2D eigenvalue weighted by atomic mass is 10.1. The third kappa shape index (κ3) is 4.07. The molecule has 0 atom stereocenters. The standard InChI is InChI=1S/C24H21N3O3/c1-17-10-12-19(13-11-17)27-15-21(24(28)30-16-18-7-5-6-14-25-18)26-23(27)20-8-3-4-9-22(20)29-2/h3-15H,16H2,1-2H3. The average molecular weight is 399 g/mol. The monoisotopic (exact) mass is 399 g/mol. The van der Waals surface area contributed by atoms with Crippen molar-refractivity contribution < 1.29 is 14.3 Å². The SMILES string of the molecule is COc1ccccc1-c1nc(C(=O)OCc2ccccn2)cn1-c1ccc(C)cc1. The minimum Gasteiger partial charge on any atom is -0.496 e. The average Bonchev–Trinajstić information content (AvgIpc) is 3.24. The molecule has 0 N–H and O–H groups in total. The second-order valence-corrected chi connectivity index (χ2v) is 6.75. The number of ether oxygens (including phenoxy) is 2. The van der Waals surface area contributed by atoms with Crippen molar-refractivity contribution in [3.63, 3.8) is 0 Å². The van der Waals surface area contributed by atoms with Gasteiger partial charge in [0.05, 0.1) is 18.4 Å². The normalized spacial score (nSPS) is 10.6. The summed E-state index contributed by atoms with van der Waals surface area (Å²) in [5.41, 5.74) is 3.70. The summed E-state index contributed by atoms with van der Waals surface area (Å²) in [7, 11) is 1.61. The number of benzene rings is 2. The number of nitrogens with zero attached hydrogens (tertiary/aromatic N) is 3. The smallest absolute Gasteiger partial charge is 0.358 e. The molecule has 0 aliphatic heterocycles. The number of methoxy groups -OCH3 is 1. The van der Waals surface area contributed by atoms with Gasteiger partial charge in [0.2, 0.25) is 0 Å². The van der Waals surface area contributed by atoms with Gasteiger partial charge in [0.15, 0.2) is 5.69 Å². The lowest BCUT2D eigenvalue weighted by molar-refractivity contribution is 0.0461. The number of pyridine rings is 1. The number of aromatic nitrogens is 3. The van der Waals surface area contributed by atoms with Crippen LogP contribution in [0.2, 0.25) is 0 Å². The molecule has 0 aliphatic rings. The molecule has 0 fully saturated rings. The summed E-state index contributed by atoms with van der Waals surface area (Å²) >= 11 is 0. The second kappa shape index (κ2) is 8.61. The van der Waals surface area contributed by atoms with Gasteiger partial charge in [-0.05, 0) is 43.3 Å². The number of hydrogen-bond donors (Lipinski definition) is 0. The first kappa shape index (κ1) is 19.4. The Balaban J connectivity index is 1.72. The summed E-state index contributed by atoms with van der Waals surface area (Å²) in [6, 6.07) is 21.0.